The Labute approximate surface area is 122 Å². The largest absolute Gasteiger partial charge is 0.320 e. The second kappa shape index (κ2) is 5.32. The van der Waals surface area contributed by atoms with E-state index in [2.05, 4.69) is 15.3 Å². The Balaban J connectivity index is 1.89. The number of carbonyl (C=O) groups is 1. The Morgan fingerprint density at radius 3 is 2.71 bits per heavy atom. The van der Waals surface area contributed by atoms with Gasteiger partial charge < -0.3 is 5.32 Å². The van der Waals surface area contributed by atoms with Crippen molar-refractivity contribution in [3.8, 4) is 0 Å². The maximum atomic E-state index is 12.3. The summed E-state index contributed by atoms with van der Waals surface area (Å²) in [6.07, 6.45) is 1.59. The fourth-order valence-corrected chi connectivity index (χ4v) is 2.21. The van der Waals surface area contributed by atoms with Gasteiger partial charge in [0.2, 0.25) is 0 Å². The number of carbonyl (C=O) groups excluding carboxylic acids is 1. The molecule has 0 unspecified atom stereocenters. The number of fused-ring (bicyclic) bond motifs is 1. The van der Waals surface area contributed by atoms with E-state index in [0.29, 0.717) is 5.56 Å². The highest BCUT2D eigenvalue weighted by molar-refractivity contribution is 6.06. The van der Waals surface area contributed by atoms with Crippen LogP contribution in [0.1, 0.15) is 21.7 Å². The van der Waals surface area contributed by atoms with Crippen LogP contribution in [0.4, 0.5) is 5.69 Å². The van der Waals surface area contributed by atoms with Crippen molar-refractivity contribution in [3.05, 3.63) is 65.6 Å². The van der Waals surface area contributed by atoms with E-state index in [-0.39, 0.29) is 5.91 Å². The Morgan fingerprint density at radius 2 is 1.90 bits per heavy atom. The molecular formula is C17H15N3O. The van der Waals surface area contributed by atoms with Gasteiger partial charge in [-0.1, -0.05) is 18.2 Å². The van der Waals surface area contributed by atoms with Crippen LogP contribution in [0.5, 0.6) is 0 Å². The van der Waals surface area contributed by atoms with Crippen molar-refractivity contribution in [1.29, 1.82) is 0 Å². The summed E-state index contributed by atoms with van der Waals surface area (Å²) in [7, 11) is 0. The molecule has 104 valence electrons. The zero-order chi connectivity index (χ0) is 14.8. The van der Waals surface area contributed by atoms with E-state index in [9.17, 15) is 4.79 Å². The molecular weight excluding hydrogens is 262 g/mol. The highest BCUT2D eigenvalue weighted by atomic mass is 16.1. The number of aryl methyl sites for hydroxylation is 2. The quantitative estimate of drug-likeness (QED) is 0.780. The van der Waals surface area contributed by atoms with Crippen LogP contribution in [0.15, 0.2) is 48.7 Å². The third kappa shape index (κ3) is 2.74. The molecule has 0 saturated heterocycles. The van der Waals surface area contributed by atoms with Crippen molar-refractivity contribution in [2.45, 2.75) is 13.8 Å². The number of nitrogens with zero attached hydrogens (tertiary/aromatic N) is 2. The van der Waals surface area contributed by atoms with Gasteiger partial charge in [0.05, 0.1) is 22.5 Å². The number of aromatic nitrogens is 2. The molecule has 21 heavy (non-hydrogen) atoms. The molecule has 0 radical (unpaired) electrons. The minimum Gasteiger partial charge on any atom is -0.320 e. The summed E-state index contributed by atoms with van der Waals surface area (Å²) in [6.45, 7) is 3.80. The molecule has 4 heteroatoms. The average Bonchev–Trinajstić information content (AvgIpc) is 2.49. The van der Waals surface area contributed by atoms with E-state index in [4.69, 9.17) is 0 Å². The number of benzene rings is 1. The minimum atomic E-state index is -0.179. The molecule has 3 aromatic rings. The molecule has 0 saturated carbocycles. The van der Waals surface area contributed by atoms with Crippen LogP contribution in [-0.4, -0.2) is 15.9 Å². The molecule has 2 aromatic heterocycles. The highest BCUT2D eigenvalue weighted by Crippen LogP contribution is 2.16. The second-order valence-electron chi connectivity index (χ2n) is 4.96. The molecule has 2 heterocycles. The van der Waals surface area contributed by atoms with Crippen molar-refractivity contribution in [3.63, 3.8) is 0 Å². The van der Waals surface area contributed by atoms with Crippen LogP contribution in [0.2, 0.25) is 0 Å². The predicted molar refractivity (Wildman–Crippen MR) is 83.4 cm³/mol. The molecule has 1 N–H and O–H groups in total. The number of nitrogens with one attached hydrogen (secondary N) is 1. The second-order valence-corrected chi connectivity index (χ2v) is 4.96. The average molecular weight is 277 g/mol. The molecule has 0 fully saturated rings. The lowest BCUT2D eigenvalue weighted by molar-refractivity contribution is 0.102. The molecule has 0 bridgehead atoms. The van der Waals surface area contributed by atoms with E-state index >= 15 is 0 Å². The summed E-state index contributed by atoms with van der Waals surface area (Å²) in [5, 5.41) is 3.83. The molecule has 1 aromatic carbocycles. The maximum absolute atomic E-state index is 12.3. The molecule has 0 atom stereocenters. The van der Waals surface area contributed by atoms with Gasteiger partial charge in [0.1, 0.15) is 0 Å². The topological polar surface area (TPSA) is 54.9 Å². The summed E-state index contributed by atoms with van der Waals surface area (Å²) in [4.78, 5) is 21.0. The van der Waals surface area contributed by atoms with Gasteiger partial charge in [0, 0.05) is 17.3 Å². The first kappa shape index (κ1) is 13.2. The van der Waals surface area contributed by atoms with Gasteiger partial charge in [-0.15, -0.1) is 0 Å². The first-order chi connectivity index (χ1) is 10.1. The van der Waals surface area contributed by atoms with Crippen molar-refractivity contribution < 1.29 is 4.79 Å². The predicted octanol–water partition coefficient (Wildman–Crippen LogP) is 3.50. The third-order valence-electron chi connectivity index (χ3n) is 3.33. The standard InChI is InChI=1S/C17H15N3O/c1-11-7-8-15(12(2)19-11)20-17(21)14-9-13-5-3-4-6-16(13)18-10-14/h3-10H,1-2H3,(H,20,21). The SMILES string of the molecule is Cc1ccc(NC(=O)c2cnc3ccccc3c2)c(C)n1. The molecule has 0 aliphatic rings. The number of anilines is 1. The number of hydrogen-bond acceptors (Lipinski definition) is 3. The molecule has 1 amide bonds. The Morgan fingerprint density at radius 1 is 1.10 bits per heavy atom. The summed E-state index contributed by atoms with van der Waals surface area (Å²) >= 11 is 0. The molecule has 0 aliphatic heterocycles. The van der Waals surface area contributed by atoms with Gasteiger partial charge in [-0.2, -0.15) is 0 Å². The van der Waals surface area contributed by atoms with Crippen LogP contribution >= 0.6 is 0 Å². The summed E-state index contributed by atoms with van der Waals surface area (Å²) < 4.78 is 0. The van der Waals surface area contributed by atoms with E-state index < -0.39 is 0 Å². The van der Waals surface area contributed by atoms with E-state index in [1.165, 1.54) is 0 Å². The zero-order valence-corrected chi connectivity index (χ0v) is 11.9. The van der Waals surface area contributed by atoms with Gasteiger partial charge in [0.15, 0.2) is 0 Å². The first-order valence-electron chi connectivity index (χ1n) is 6.74. The van der Waals surface area contributed by atoms with Crippen molar-refractivity contribution in [2.24, 2.45) is 0 Å². The van der Waals surface area contributed by atoms with Gasteiger partial charge in [0.25, 0.3) is 5.91 Å². The van der Waals surface area contributed by atoms with Crippen LogP contribution in [0.25, 0.3) is 10.9 Å². The van der Waals surface area contributed by atoms with Crippen molar-refractivity contribution >= 4 is 22.5 Å². The zero-order valence-electron chi connectivity index (χ0n) is 11.9. The minimum absolute atomic E-state index is 0.179. The van der Waals surface area contributed by atoms with Gasteiger partial charge in [-0.05, 0) is 38.1 Å². The van der Waals surface area contributed by atoms with Crippen molar-refractivity contribution in [1.82, 2.24) is 9.97 Å². The van der Waals surface area contributed by atoms with Gasteiger partial charge >= 0.3 is 0 Å². The van der Waals surface area contributed by atoms with Gasteiger partial charge in [-0.25, -0.2) is 0 Å². The number of pyridine rings is 2. The van der Waals surface area contributed by atoms with Crippen LogP contribution < -0.4 is 5.32 Å². The molecule has 3 rings (SSSR count). The third-order valence-corrected chi connectivity index (χ3v) is 3.33. The number of rotatable bonds is 2. The molecule has 0 spiro atoms. The Kier molecular flexibility index (Phi) is 3.36. The van der Waals surface area contributed by atoms with E-state index in [1.807, 2.05) is 56.3 Å². The lowest BCUT2D eigenvalue weighted by Gasteiger charge is -2.08. The van der Waals surface area contributed by atoms with Crippen LogP contribution in [0.3, 0.4) is 0 Å². The monoisotopic (exact) mass is 277 g/mol. The lowest BCUT2D eigenvalue weighted by Crippen LogP contribution is -2.13. The lowest BCUT2D eigenvalue weighted by atomic mass is 10.1. The van der Waals surface area contributed by atoms with Gasteiger partial charge in [-0.3, -0.25) is 14.8 Å². The molecule has 4 nitrogen and oxygen atoms in total. The number of hydrogen-bond donors (Lipinski definition) is 1. The Bertz CT molecular complexity index is 827. The smallest absolute Gasteiger partial charge is 0.257 e. The fraction of sp³-hybridized carbons (Fsp3) is 0.118. The summed E-state index contributed by atoms with van der Waals surface area (Å²) in [5.41, 5.74) is 3.87. The van der Waals surface area contributed by atoms with Crippen molar-refractivity contribution in [2.75, 3.05) is 5.32 Å². The van der Waals surface area contributed by atoms with E-state index in [0.717, 1.165) is 28.0 Å². The summed E-state index contributed by atoms with van der Waals surface area (Å²) in [6, 6.07) is 13.3. The van der Waals surface area contributed by atoms with Crippen LogP contribution in [0, 0.1) is 13.8 Å². The number of para-hydroxylation sites is 1. The van der Waals surface area contributed by atoms with Crippen LogP contribution in [-0.2, 0) is 0 Å². The Hall–Kier alpha value is -2.75. The number of amides is 1. The fourth-order valence-electron chi connectivity index (χ4n) is 2.21. The first-order valence-corrected chi connectivity index (χ1v) is 6.74. The summed E-state index contributed by atoms with van der Waals surface area (Å²) in [5.74, 6) is -0.179. The highest BCUT2D eigenvalue weighted by Gasteiger charge is 2.09. The maximum Gasteiger partial charge on any atom is 0.257 e. The molecule has 0 aliphatic carbocycles. The van der Waals surface area contributed by atoms with E-state index in [1.54, 1.807) is 6.20 Å². The normalized spacial score (nSPS) is 10.6.